The highest BCUT2D eigenvalue weighted by molar-refractivity contribution is 7.99. The Kier molecular flexibility index (Phi) is 29.9. The summed E-state index contributed by atoms with van der Waals surface area (Å²) in [6.45, 7) is 11.9. The molecule has 35 heteroatoms. The van der Waals surface area contributed by atoms with E-state index < -0.39 is 92.2 Å². The van der Waals surface area contributed by atoms with Crippen LogP contribution in [0, 0.1) is 12.8 Å². The van der Waals surface area contributed by atoms with E-state index in [1.807, 2.05) is 86.3 Å². The summed E-state index contributed by atoms with van der Waals surface area (Å²) in [5.41, 5.74) is 0.511. The number of hydrogen-bond donors (Lipinski definition) is 5. The van der Waals surface area contributed by atoms with Gasteiger partial charge in [0.05, 0.1) is 79.7 Å². The number of sulfone groups is 1. The van der Waals surface area contributed by atoms with Crippen LogP contribution in [0.4, 0.5) is 23.9 Å². The largest absolute Gasteiger partial charge is 0.511 e. The second-order valence-electron chi connectivity index (χ2n) is 22.3. The number of ketones is 2. The zero-order valence-corrected chi connectivity index (χ0v) is 60.6. The van der Waals surface area contributed by atoms with Gasteiger partial charge in [-0.25, -0.2) is 53.8 Å². The second kappa shape index (κ2) is 36.8. The first-order valence-corrected chi connectivity index (χ1v) is 37.3. The van der Waals surface area contributed by atoms with E-state index in [-0.39, 0.29) is 64.1 Å². The molecule has 0 fully saturated rings. The van der Waals surface area contributed by atoms with Crippen LogP contribution < -0.4 is 24.2 Å². The minimum Gasteiger partial charge on any atom is -0.511 e. The SMILES string of the molecule is CCC/C(=N/OCC)C1=C(O)CC(CC(C)SCC)CC1=O.CCOC(=O)C1=NOC(c2ccccc2)(c2ccccc2)C1.COC(=O)c1ccc(CNS(C)(=O)=O)cc1S(=O)(=O)NC(=O)Nc1nc(OC)cc(OC)n1.Cc1nn(C)c(O)c1C(=O)c1ccc(C(F)(F)F)cc1S(C)(=O)=O. The van der Waals surface area contributed by atoms with E-state index in [1.165, 1.54) is 40.3 Å². The number of aryl methyl sites for hydroxylation is 2. The predicted octanol–water partition coefficient (Wildman–Crippen LogP) is 9.70. The number of allylic oxidation sites excluding steroid dienone is 2. The molecule has 2 atom stereocenters. The monoisotopic (exact) mass is 1490 g/mol. The number of alkyl halides is 3. The van der Waals surface area contributed by atoms with Gasteiger partial charge in [0.15, 0.2) is 26.9 Å². The van der Waals surface area contributed by atoms with E-state index in [4.69, 9.17) is 23.9 Å². The number of halogens is 3. The fourth-order valence-electron chi connectivity index (χ4n) is 10.1. The third-order valence-electron chi connectivity index (χ3n) is 14.6. The number of hydrogen-bond acceptors (Lipinski definition) is 25. The van der Waals surface area contributed by atoms with Crippen LogP contribution >= 0.6 is 11.8 Å². The summed E-state index contributed by atoms with van der Waals surface area (Å²) >= 11 is 1.90. The summed E-state index contributed by atoms with van der Waals surface area (Å²) in [5, 5.41) is 34.8. The lowest BCUT2D eigenvalue weighted by atomic mass is 9.82. The second-order valence-corrected chi connectivity index (χ2v) is 29.5. The summed E-state index contributed by atoms with van der Waals surface area (Å²) in [6.07, 6.45) is 0.791. The normalized spacial score (nSPS) is 14.7. The van der Waals surface area contributed by atoms with E-state index in [0.717, 1.165) is 66.0 Å². The Morgan fingerprint density at radius 2 is 1.42 bits per heavy atom. The number of urea groups is 1. The first-order chi connectivity index (χ1) is 47.5. The van der Waals surface area contributed by atoms with Gasteiger partial charge in [-0.3, -0.25) is 14.9 Å². The number of sulfonamides is 2. The average molecular weight is 1490 g/mol. The summed E-state index contributed by atoms with van der Waals surface area (Å²) in [7, 11) is -7.28. The van der Waals surface area contributed by atoms with Crippen molar-refractivity contribution >= 4 is 88.6 Å². The molecule has 2 amide bonds. The maximum Gasteiger partial charge on any atom is 0.416 e. The number of benzene rings is 4. The molecule has 6 aromatic rings. The Morgan fingerprint density at radius 1 is 0.812 bits per heavy atom. The van der Waals surface area contributed by atoms with E-state index in [9.17, 15) is 72.6 Å². The van der Waals surface area contributed by atoms with Crippen LogP contribution in [0.3, 0.4) is 0 Å². The zero-order valence-electron chi connectivity index (χ0n) is 57.3. The number of nitrogens with zero attached hydrogens (tertiary/aromatic N) is 6. The molecule has 3 heterocycles. The number of oxime groups is 2. The molecular weight excluding hydrogens is 1410 g/mol. The van der Waals surface area contributed by atoms with E-state index >= 15 is 0 Å². The molecule has 0 saturated carbocycles. The molecule has 5 N–H and O–H groups in total. The van der Waals surface area contributed by atoms with Gasteiger partial charge in [-0.05, 0) is 81.2 Å². The number of methoxy groups -OCH3 is 3. The van der Waals surface area contributed by atoms with E-state index in [1.54, 1.807) is 11.6 Å². The maximum absolute atomic E-state index is 12.9. The van der Waals surface area contributed by atoms with Gasteiger partial charge in [0.1, 0.15) is 22.8 Å². The molecule has 548 valence electrons. The van der Waals surface area contributed by atoms with Crippen molar-refractivity contribution in [2.24, 2.45) is 23.3 Å². The molecule has 2 aliphatic rings. The molecule has 28 nitrogen and oxygen atoms in total. The number of anilines is 1. The molecule has 2 unspecified atom stereocenters. The number of nitrogens with one attached hydrogen (secondary N) is 3. The van der Waals surface area contributed by atoms with Gasteiger partial charge >= 0.3 is 24.1 Å². The molecule has 0 radical (unpaired) electrons. The number of carbonyl (C=O) groups excluding carboxylic acids is 5. The summed E-state index contributed by atoms with van der Waals surface area (Å²) in [6, 6.07) is 25.0. The zero-order chi connectivity index (χ0) is 75.2. The number of aromatic nitrogens is 4. The van der Waals surface area contributed by atoms with Crippen molar-refractivity contribution in [3.8, 4) is 17.6 Å². The molecule has 0 saturated heterocycles. The Bertz CT molecular complexity index is 4320. The number of ether oxygens (including phenoxy) is 4. The molecule has 101 heavy (non-hydrogen) atoms. The van der Waals surface area contributed by atoms with E-state index in [2.05, 4.69) is 54.0 Å². The Balaban J connectivity index is 0.000000246. The third kappa shape index (κ3) is 23.0. The first kappa shape index (κ1) is 82.2. The highest BCUT2D eigenvalue weighted by Crippen LogP contribution is 2.42. The van der Waals surface area contributed by atoms with Gasteiger partial charge in [-0.2, -0.15) is 40.0 Å². The van der Waals surface area contributed by atoms with E-state index in [0.29, 0.717) is 79.5 Å². The van der Waals surface area contributed by atoms with Crippen LogP contribution in [0.2, 0.25) is 0 Å². The number of carbonyl (C=O) groups is 5. The van der Waals surface area contributed by atoms with Gasteiger partial charge in [0, 0.05) is 54.6 Å². The number of esters is 2. The van der Waals surface area contributed by atoms with Crippen molar-refractivity contribution in [1.29, 1.82) is 0 Å². The number of Topliss-reactive ketones (excluding diaryl/α,β-unsaturated/α-hetero) is 1. The van der Waals surface area contributed by atoms with Crippen LogP contribution in [0.5, 0.6) is 17.6 Å². The standard InChI is InChI=1S/C18H17NO3.C17H21N5O9S2.C17H29NO3S.C14H13F3N2O4S/c1-2-21-17(20)16-13-18(22-19-16,14-9-5-3-6-10-14)15-11-7-4-8-12-15;1-29-13-8-14(30-2)20-16(19-13)21-17(24)22-33(27,28)12-7-10(9-18-32(4,25)26)5-6-11(12)15(23)31-3;1-5-8-14(18-21-6-2)17-15(19)10-13(11-16(17)20)9-12(4)22-7-3;1-7-11(13(21)19(2)18-7)12(20)9-5-4-8(14(15,16)17)6-10(9)24(3,22)23/h3-12H,2,13H2,1H3;5-8,18H,9H2,1-4H3,(H2,19,20,21,22,24);12-13,19H,5-11H2,1-4H3;4-6,21H,1-3H3/b;;18-14-;. The fraction of sp³-hybridized carbons (Fsp3) is 0.394. The lowest BCUT2D eigenvalue weighted by Gasteiger charge is -2.27. The number of rotatable bonds is 25. The van der Waals surface area contributed by atoms with Crippen LogP contribution in [0.15, 0.2) is 135 Å². The predicted molar refractivity (Wildman–Crippen MR) is 369 cm³/mol. The number of aliphatic hydroxyl groups is 1. The first-order valence-electron chi connectivity index (χ1n) is 31.0. The highest BCUT2D eigenvalue weighted by Gasteiger charge is 2.45. The van der Waals surface area contributed by atoms with Crippen molar-refractivity contribution in [2.75, 3.05) is 58.1 Å². The molecule has 8 rings (SSSR count). The molecule has 0 bridgehead atoms. The lowest BCUT2D eigenvalue weighted by Crippen LogP contribution is -2.35. The van der Waals surface area contributed by atoms with Crippen LogP contribution in [-0.2, 0) is 84.0 Å². The van der Waals surface area contributed by atoms with Crippen LogP contribution in [0.1, 0.15) is 127 Å². The lowest BCUT2D eigenvalue weighted by molar-refractivity contribution is -0.138. The smallest absolute Gasteiger partial charge is 0.416 e. The molecular formula is C66H80F3N9O19S4. The summed E-state index contributed by atoms with van der Waals surface area (Å²) < 4.78 is 135. The number of thioether (sulfide) groups is 1. The quantitative estimate of drug-likeness (QED) is 0.0154. The number of aliphatic hydroxyl groups excluding tert-OH is 1. The van der Waals surface area contributed by atoms with Crippen molar-refractivity contribution in [3.05, 3.63) is 159 Å². The molecule has 1 aliphatic heterocycles. The Morgan fingerprint density at radius 3 is 1.91 bits per heavy atom. The van der Waals surface area contributed by atoms with Crippen molar-refractivity contribution < 1.29 is 101 Å². The minimum atomic E-state index is -4.76. The highest BCUT2D eigenvalue weighted by atomic mass is 32.2. The van der Waals surface area contributed by atoms with Crippen LogP contribution in [0.25, 0.3) is 0 Å². The minimum absolute atomic E-state index is 0.00866. The van der Waals surface area contributed by atoms with Gasteiger partial charge in [0.2, 0.25) is 39.4 Å². The maximum atomic E-state index is 12.9. The van der Waals surface area contributed by atoms with Crippen LogP contribution in [-0.4, -0.2) is 154 Å². The topological polar surface area (TPSA) is 388 Å². The summed E-state index contributed by atoms with van der Waals surface area (Å²) in [4.78, 5) is 78.6. The molecule has 4 aromatic carbocycles. The Hall–Kier alpha value is -9.45. The fourth-order valence-corrected chi connectivity index (χ4v) is 13.6. The van der Waals surface area contributed by atoms with Gasteiger partial charge in [-0.15, -0.1) is 0 Å². The Labute approximate surface area is 587 Å². The average Bonchev–Trinajstić information content (AvgIpc) is 1.71. The molecule has 0 spiro atoms. The summed E-state index contributed by atoms with van der Waals surface area (Å²) in [5.74, 6) is -1.55. The van der Waals surface area contributed by atoms with Crippen molar-refractivity contribution in [2.45, 2.75) is 113 Å². The number of aromatic hydroxyl groups is 1. The van der Waals surface area contributed by atoms with Crippen molar-refractivity contribution in [1.82, 2.24) is 29.2 Å². The molecule has 2 aromatic heterocycles. The van der Waals surface area contributed by atoms with Gasteiger partial charge in [0.25, 0.3) is 10.0 Å². The number of amides is 2. The van der Waals surface area contributed by atoms with Gasteiger partial charge < -0.3 is 38.8 Å². The molecule has 1 aliphatic carbocycles. The van der Waals surface area contributed by atoms with Gasteiger partial charge in [-0.1, -0.05) is 104 Å². The third-order valence-corrected chi connectivity index (χ3v) is 18.9. The van der Waals surface area contributed by atoms with Crippen molar-refractivity contribution in [3.63, 3.8) is 0 Å².